The van der Waals surface area contributed by atoms with Crippen molar-refractivity contribution in [2.45, 2.75) is 35.4 Å². The van der Waals surface area contributed by atoms with Gasteiger partial charge in [-0.15, -0.1) is 0 Å². The molecule has 35 heavy (non-hydrogen) atoms. The predicted molar refractivity (Wildman–Crippen MR) is 107 cm³/mol. The fraction of sp³-hybridized carbons (Fsp3) is 0.300. The minimum atomic E-state index is -6.09. The molecule has 3 N–H and O–H groups in total. The molecule has 1 heterocycles. The summed E-state index contributed by atoms with van der Waals surface area (Å²) in [6.07, 6.45) is -12.8. The van der Waals surface area contributed by atoms with Crippen LogP contribution in [0.3, 0.4) is 0 Å². The first kappa shape index (κ1) is 26.3. The molecule has 0 radical (unpaired) electrons. The van der Waals surface area contributed by atoms with E-state index in [1.807, 2.05) is 0 Å². The highest BCUT2D eigenvalue weighted by Gasteiger charge is 2.71. The second kappa shape index (κ2) is 8.41. The monoisotopic (exact) mass is 526 g/mol. The number of halogens is 6. The van der Waals surface area contributed by atoms with Crippen LogP contribution < -0.4 is 5.32 Å². The molecule has 2 amide bonds. The summed E-state index contributed by atoms with van der Waals surface area (Å²) >= 11 is 0. The molecule has 2 aromatic carbocycles. The number of carboxylic acid groups (broad SMARTS) is 1. The molecular weight excluding hydrogens is 510 g/mol. The lowest BCUT2D eigenvalue weighted by Crippen LogP contribution is -2.53. The molecule has 1 atom stereocenters. The van der Waals surface area contributed by atoms with Gasteiger partial charge < -0.3 is 15.5 Å². The molecule has 190 valence electrons. The van der Waals surface area contributed by atoms with Gasteiger partial charge in [-0.2, -0.15) is 26.3 Å². The standard InChI is InChI=1S/C20H16F6N2O6S/c1-35(33,34)13-6-7-14-10(8-13)9-28(17(30)31)15(14)16(29)27-12-4-2-11(3-5-12)18(32,19(21,22)23)20(24,25)26/h2-8,15,32H,9H2,1H3,(H,27,29)(H,30,31). The molecule has 0 aliphatic carbocycles. The lowest BCUT2D eigenvalue weighted by molar-refractivity contribution is -0.376. The molecule has 1 unspecified atom stereocenters. The largest absolute Gasteiger partial charge is 0.465 e. The molecular formula is C20H16F6N2O6S. The van der Waals surface area contributed by atoms with E-state index in [1.54, 1.807) is 0 Å². The third kappa shape index (κ3) is 4.65. The van der Waals surface area contributed by atoms with E-state index < -0.39 is 51.4 Å². The number of hydrogen-bond donors (Lipinski definition) is 3. The van der Waals surface area contributed by atoms with Crippen LogP contribution in [0.15, 0.2) is 47.4 Å². The Morgan fingerprint density at radius 2 is 1.54 bits per heavy atom. The maximum atomic E-state index is 13.0. The Hall–Kier alpha value is -3.33. The van der Waals surface area contributed by atoms with Crippen molar-refractivity contribution in [1.82, 2.24) is 4.90 Å². The molecule has 2 aromatic rings. The Morgan fingerprint density at radius 1 is 1.00 bits per heavy atom. The number of benzene rings is 2. The molecule has 0 bridgehead atoms. The van der Waals surface area contributed by atoms with E-state index in [0.29, 0.717) is 29.2 Å². The maximum Gasteiger partial charge on any atom is 0.430 e. The van der Waals surface area contributed by atoms with Crippen LogP contribution in [0.4, 0.5) is 36.8 Å². The molecule has 0 spiro atoms. The maximum absolute atomic E-state index is 13.0. The van der Waals surface area contributed by atoms with Gasteiger partial charge in [0, 0.05) is 17.5 Å². The number of nitrogens with zero attached hydrogens (tertiary/aromatic N) is 1. The highest BCUT2D eigenvalue weighted by Crippen LogP contribution is 2.50. The number of rotatable bonds is 4. The Kier molecular flexibility index (Phi) is 6.31. The minimum absolute atomic E-state index is 0.111. The van der Waals surface area contributed by atoms with Gasteiger partial charge in [0.05, 0.1) is 11.4 Å². The van der Waals surface area contributed by atoms with E-state index in [1.165, 1.54) is 18.2 Å². The fourth-order valence-corrected chi connectivity index (χ4v) is 4.28. The van der Waals surface area contributed by atoms with Gasteiger partial charge in [-0.1, -0.05) is 18.2 Å². The fourth-order valence-electron chi connectivity index (χ4n) is 3.61. The van der Waals surface area contributed by atoms with Crippen molar-refractivity contribution in [1.29, 1.82) is 0 Å². The summed E-state index contributed by atoms with van der Waals surface area (Å²) < 4.78 is 102. The van der Waals surface area contributed by atoms with Crippen LogP contribution in [-0.4, -0.2) is 54.1 Å². The van der Waals surface area contributed by atoms with Crippen LogP contribution >= 0.6 is 0 Å². The summed E-state index contributed by atoms with van der Waals surface area (Å²) in [5, 5.41) is 21.1. The zero-order chi connectivity index (χ0) is 26.6. The predicted octanol–water partition coefficient (Wildman–Crippen LogP) is 3.58. The van der Waals surface area contributed by atoms with E-state index in [0.717, 1.165) is 6.26 Å². The Labute approximate surface area is 193 Å². The van der Waals surface area contributed by atoms with Gasteiger partial charge in [-0.05, 0) is 35.4 Å². The Bertz CT molecular complexity index is 1260. The van der Waals surface area contributed by atoms with E-state index in [2.05, 4.69) is 5.32 Å². The van der Waals surface area contributed by atoms with Crippen LogP contribution in [0.1, 0.15) is 22.7 Å². The van der Waals surface area contributed by atoms with Crippen molar-refractivity contribution in [3.8, 4) is 0 Å². The Morgan fingerprint density at radius 3 is 2.00 bits per heavy atom. The zero-order valence-corrected chi connectivity index (χ0v) is 18.3. The van der Waals surface area contributed by atoms with Gasteiger partial charge in [-0.25, -0.2) is 13.2 Å². The second-order valence-corrected chi connectivity index (χ2v) is 9.73. The number of anilines is 1. The highest BCUT2D eigenvalue weighted by atomic mass is 32.2. The Balaban J connectivity index is 1.92. The van der Waals surface area contributed by atoms with Crippen LogP contribution in [0.5, 0.6) is 0 Å². The van der Waals surface area contributed by atoms with Gasteiger partial charge in [-0.3, -0.25) is 9.69 Å². The van der Waals surface area contributed by atoms with Gasteiger partial charge in [0.2, 0.25) is 0 Å². The summed E-state index contributed by atoms with van der Waals surface area (Å²) in [5.41, 5.74) is -6.59. The van der Waals surface area contributed by atoms with Crippen LogP contribution in [-0.2, 0) is 26.8 Å². The first-order chi connectivity index (χ1) is 15.9. The van der Waals surface area contributed by atoms with Crippen molar-refractivity contribution in [3.05, 3.63) is 59.2 Å². The minimum Gasteiger partial charge on any atom is -0.465 e. The summed E-state index contributed by atoms with van der Waals surface area (Å²) in [6.45, 7) is -0.338. The van der Waals surface area contributed by atoms with E-state index in [-0.39, 0.29) is 28.3 Å². The summed E-state index contributed by atoms with van der Waals surface area (Å²) in [6, 6.07) is 4.17. The molecule has 0 saturated heterocycles. The zero-order valence-electron chi connectivity index (χ0n) is 17.5. The number of carbonyl (C=O) groups is 2. The third-order valence-electron chi connectivity index (χ3n) is 5.37. The summed E-state index contributed by atoms with van der Waals surface area (Å²) in [7, 11) is -3.63. The molecule has 1 aliphatic rings. The van der Waals surface area contributed by atoms with Crippen LogP contribution in [0, 0.1) is 0 Å². The first-order valence-electron chi connectivity index (χ1n) is 9.47. The average Bonchev–Trinajstić information content (AvgIpc) is 3.10. The van der Waals surface area contributed by atoms with Gasteiger partial charge in [0.15, 0.2) is 9.84 Å². The van der Waals surface area contributed by atoms with Crippen molar-refractivity contribution in [3.63, 3.8) is 0 Å². The number of amides is 2. The van der Waals surface area contributed by atoms with E-state index >= 15 is 0 Å². The molecule has 0 fully saturated rings. The summed E-state index contributed by atoms with van der Waals surface area (Å²) in [5.74, 6) is -0.993. The van der Waals surface area contributed by atoms with Crippen molar-refractivity contribution >= 4 is 27.5 Å². The van der Waals surface area contributed by atoms with Gasteiger partial charge in [0.25, 0.3) is 11.5 Å². The van der Waals surface area contributed by atoms with Crippen LogP contribution in [0.25, 0.3) is 0 Å². The number of sulfone groups is 1. The molecule has 1 aliphatic heterocycles. The number of hydrogen-bond acceptors (Lipinski definition) is 5. The first-order valence-corrected chi connectivity index (χ1v) is 11.4. The van der Waals surface area contributed by atoms with Crippen LogP contribution in [0.2, 0.25) is 0 Å². The number of carbonyl (C=O) groups excluding carboxylic acids is 1. The van der Waals surface area contributed by atoms with Crippen molar-refractivity contribution < 1.29 is 54.6 Å². The molecule has 0 saturated carbocycles. The number of alkyl halides is 6. The summed E-state index contributed by atoms with van der Waals surface area (Å²) in [4.78, 5) is 25.1. The quantitative estimate of drug-likeness (QED) is 0.524. The molecule has 3 rings (SSSR count). The number of aliphatic hydroxyl groups is 1. The van der Waals surface area contributed by atoms with Crippen molar-refractivity contribution in [2.24, 2.45) is 0 Å². The SMILES string of the molecule is CS(=O)(=O)c1ccc2c(c1)CN(C(=O)O)C2C(=O)Nc1ccc(C(O)(C(F)(F)F)C(F)(F)F)cc1. The highest BCUT2D eigenvalue weighted by molar-refractivity contribution is 7.90. The molecule has 0 aromatic heterocycles. The van der Waals surface area contributed by atoms with E-state index in [4.69, 9.17) is 0 Å². The van der Waals surface area contributed by atoms with E-state index in [9.17, 15) is 54.6 Å². The van der Waals surface area contributed by atoms with Gasteiger partial charge in [0.1, 0.15) is 6.04 Å². The topological polar surface area (TPSA) is 124 Å². The third-order valence-corrected chi connectivity index (χ3v) is 6.48. The lowest BCUT2D eigenvalue weighted by Gasteiger charge is -2.32. The number of nitrogens with one attached hydrogen (secondary N) is 1. The smallest absolute Gasteiger partial charge is 0.430 e. The normalized spacial score (nSPS) is 16.7. The lowest BCUT2D eigenvalue weighted by atomic mass is 9.92. The number of fused-ring (bicyclic) bond motifs is 1. The second-order valence-electron chi connectivity index (χ2n) is 7.72. The average molecular weight is 526 g/mol. The molecule has 8 nitrogen and oxygen atoms in total. The van der Waals surface area contributed by atoms with Crippen molar-refractivity contribution in [2.75, 3.05) is 11.6 Å². The van der Waals surface area contributed by atoms with Gasteiger partial charge >= 0.3 is 18.4 Å². The molecule has 15 heteroatoms.